The summed E-state index contributed by atoms with van der Waals surface area (Å²) in [4.78, 5) is 0. The molecule has 0 aromatic rings. The van der Waals surface area contributed by atoms with Crippen LogP contribution in [0.3, 0.4) is 0 Å². The smallest absolute Gasteiger partial charge is 0.0656 e. The molecule has 5 fully saturated rings. The summed E-state index contributed by atoms with van der Waals surface area (Å²) in [5.74, 6) is 4.74. The molecule has 5 aliphatic rings. The third-order valence-corrected chi connectivity index (χ3v) is 15.1. The second kappa shape index (κ2) is 11.3. The number of aliphatic hydroxyl groups excluding tert-OH is 3. The predicted molar refractivity (Wildman–Crippen MR) is 167 cm³/mol. The zero-order chi connectivity index (χ0) is 30.2. The number of rotatable bonds is 5. The van der Waals surface area contributed by atoms with Gasteiger partial charge in [0.15, 0.2) is 0 Å². The van der Waals surface area contributed by atoms with Gasteiger partial charge in [-0.2, -0.15) is 0 Å². The molecule has 5 rings (SSSR count). The predicted octanol–water partition coefficient (Wildman–Crippen LogP) is 7.58. The number of aliphatic hydroxyl groups is 3. The molecule has 5 aliphatic carbocycles. The fraction of sp³-hybridized carbons (Fsp3) is 1.00. The van der Waals surface area contributed by atoms with Crippen molar-refractivity contribution in [2.75, 3.05) is 7.11 Å². The second-order valence-electron chi connectivity index (χ2n) is 17.8. The lowest BCUT2D eigenvalue weighted by atomic mass is 9.34. The highest BCUT2D eigenvalue weighted by molar-refractivity contribution is 5.19. The van der Waals surface area contributed by atoms with Gasteiger partial charge in [0.05, 0.1) is 24.4 Å². The van der Waals surface area contributed by atoms with Crippen LogP contribution in [0.25, 0.3) is 0 Å². The molecule has 0 aromatic heterocycles. The van der Waals surface area contributed by atoms with E-state index in [9.17, 15) is 15.3 Å². The number of methoxy groups -OCH3 is 1. The first-order chi connectivity index (χ1) is 19.1. The van der Waals surface area contributed by atoms with Gasteiger partial charge in [-0.1, -0.05) is 61.8 Å². The highest BCUT2D eigenvalue weighted by Crippen LogP contribution is 2.73. The van der Waals surface area contributed by atoms with Crippen LogP contribution in [0.5, 0.6) is 0 Å². The van der Waals surface area contributed by atoms with Crippen molar-refractivity contribution in [3.8, 4) is 0 Å². The van der Waals surface area contributed by atoms with Gasteiger partial charge in [-0.15, -0.1) is 0 Å². The Kier molecular flexibility index (Phi) is 8.91. The highest BCUT2D eigenvalue weighted by Gasteiger charge is 2.70. The van der Waals surface area contributed by atoms with Crippen LogP contribution in [0, 0.1) is 81.3 Å². The Labute approximate surface area is 252 Å². The summed E-state index contributed by atoms with van der Waals surface area (Å²) < 4.78 is 6.23. The van der Waals surface area contributed by atoms with Crippen molar-refractivity contribution in [2.45, 2.75) is 145 Å². The molecule has 0 bridgehead atoms. The second-order valence-corrected chi connectivity index (χ2v) is 17.8. The average Bonchev–Trinajstić information content (AvgIpc) is 2.85. The van der Waals surface area contributed by atoms with Gasteiger partial charge in [-0.05, 0) is 128 Å². The van der Waals surface area contributed by atoms with Crippen LogP contribution in [-0.2, 0) is 4.74 Å². The van der Waals surface area contributed by atoms with Crippen LogP contribution < -0.4 is 0 Å². The average molecular weight is 575 g/mol. The maximum atomic E-state index is 12.6. The lowest BCUT2D eigenvalue weighted by Gasteiger charge is -2.72. The fourth-order valence-corrected chi connectivity index (χ4v) is 13.5. The zero-order valence-corrected chi connectivity index (χ0v) is 28.3. The third-order valence-electron chi connectivity index (χ3n) is 15.1. The van der Waals surface area contributed by atoms with Gasteiger partial charge < -0.3 is 20.1 Å². The standard InChI is InChI=1S/C37H66O4/c1-20(2)15-25-12-14-29(41-10)27(16-25)26-13-11-21(3)31-28(26)18-35(7)19-36(8)17-22(4)30(24(6)38)34(40)37(36,9)23(5)32(35)33(31)39/h20-34,38-40H,11-19H2,1-10H3. The Balaban J connectivity index is 1.50. The first-order valence-corrected chi connectivity index (χ1v) is 17.7. The Morgan fingerprint density at radius 2 is 1.54 bits per heavy atom. The minimum Gasteiger partial charge on any atom is -0.393 e. The van der Waals surface area contributed by atoms with E-state index in [1.54, 1.807) is 0 Å². The van der Waals surface area contributed by atoms with Crippen molar-refractivity contribution in [1.82, 2.24) is 0 Å². The van der Waals surface area contributed by atoms with Crippen LogP contribution in [0.4, 0.5) is 0 Å². The lowest BCUT2D eigenvalue weighted by Crippen LogP contribution is -2.70. The topological polar surface area (TPSA) is 69.9 Å². The minimum absolute atomic E-state index is 0.0213. The number of hydrogen-bond acceptors (Lipinski definition) is 4. The molecule has 5 saturated carbocycles. The lowest BCUT2D eigenvalue weighted by molar-refractivity contribution is -0.281. The van der Waals surface area contributed by atoms with Crippen LogP contribution in [-0.4, -0.2) is 46.8 Å². The van der Waals surface area contributed by atoms with Gasteiger partial charge in [0.1, 0.15) is 0 Å². The van der Waals surface area contributed by atoms with E-state index >= 15 is 0 Å². The van der Waals surface area contributed by atoms with Crippen molar-refractivity contribution in [1.29, 1.82) is 0 Å². The SMILES string of the molecule is COC1CCC(CC(C)C)CC1C1CCC(C)C2C(O)C3C(C)C4(C)C(O)C(C(C)O)C(C)CC4(C)CC3(C)CC12. The Bertz CT molecular complexity index is 919. The molecule has 17 atom stereocenters. The highest BCUT2D eigenvalue weighted by atomic mass is 16.5. The number of hydrogen-bond donors (Lipinski definition) is 3. The number of fused-ring (bicyclic) bond motifs is 3. The normalized spacial score (nSPS) is 56.5. The molecule has 17 unspecified atom stereocenters. The molecule has 0 aliphatic heterocycles. The first kappa shape index (κ1) is 32.2. The van der Waals surface area contributed by atoms with Crippen LogP contribution in [0.1, 0.15) is 120 Å². The van der Waals surface area contributed by atoms with E-state index in [0.717, 1.165) is 24.7 Å². The van der Waals surface area contributed by atoms with E-state index in [1.807, 2.05) is 14.0 Å². The van der Waals surface area contributed by atoms with Gasteiger partial charge >= 0.3 is 0 Å². The molecule has 3 N–H and O–H groups in total. The van der Waals surface area contributed by atoms with Crippen molar-refractivity contribution in [3.05, 3.63) is 0 Å². The van der Waals surface area contributed by atoms with Gasteiger partial charge in [-0.25, -0.2) is 0 Å². The van der Waals surface area contributed by atoms with Crippen molar-refractivity contribution in [3.63, 3.8) is 0 Å². The Morgan fingerprint density at radius 1 is 0.854 bits per heavy atom. The fourth-order valence-electron chi connectivity index (χ4n) is 13.5. The van der Waals surface area contributed by atoms with Crippen LogP contribution in [0.2, 0.25) is 0 Å². The molecular weight excluding hydrogens is 508 g/mol. The first-order valence-electron chi connectivity index (χ1n) is 17.7. The van der Waals surface area contributed by atoms with Gasteiger partial charge in [0.25, 0.3) is 0 Å². The molecule has 0 heterocycles. The summed E-state index contributed by atoms with van der Waals surface area (Å²) in [6.07, 6.45) is 9.87. The van der Waals surface area contributed by atoms with Crippen LogP contribution >= 0.6 is 0 Å². The van der Waals surface area contributed by atoms with Gasteiger partial charge in [0, 0.05) is 18.4 Å². The Morgan fingerprint density at radius 3 is 2.15 bits per heavy atom. The third kappa shape index (κ3) is 5.00. The molecule has 4 heteroatoms. The summed E-state index contributed by atoms with van der Waals surface area (Å²) in [7, 11) is 1.94. The van der Waals surface area contributed by atoms with E-state index in [0.29, 0.717) is 35.7 Å². The quantitative estimate of drug-likeness (QED) is 0.317. The Hall–Kier alpha value is -0.160. The molecule has 41 heavy (non-hydrogen) atoms. The molecule has 0 radical (unpaired) electrons. The summed E-state index contributed by atoms with van der Waals surface area (Å²) >= 11 is 0. The van der Waals surface area contributed by atoms with Crippen molar-refractivity contribution in [2.24, 2.45) is 81.3 Å². The maximum Gasteiger partial charge on any atom is 0.0656 e. The minimum atomic E-state index is -0.556. The van der Waals surface area contributed by atoms with Crippen molar-refractivity contribution >= 4 is 0 Å². The number of ether oxygens (including phenoxy) is 1. The van der Waals surface area contributed by atoms with Gasteiger partial charge in [-0.3, -0.25) is 0 Å². The molecule has 0 amide bonds. The van der Waals surface area contributed by atoms with Gasteiger partial charge in [0.2, 0.25) is 0 Å². The largest absolute Gasteiger partial charge is 0.393 e. The molecule has 0 spiro atoms. The van der Waals surface area contributed by atoms with Crippen molar-refractivity contribution < 1.29 is 20.1 Å². The summed E-state index contributed by atoms with van der Waals surface area (Å²) in [6, 6.07) is 0. The van der Waals surface area contributed by atoms with E-state index in [1.165, 1.54) is 44.9 Å². The molecule has 0 saturated heterocycles. The molecular formula is C37H66O4. The van der Waals surface area contributed by atoms with E-state index in [4.69, 9.17) is 4.74 Å². The summed E-state index contributed by atoms with van der Waals surface area (Å²) in [5, 5.41) is 35.4. The van der Waals surface area contributed by atoms with E-state index in [2.05, 4.69) is 55.4 Å². The van der Waals surface area contributed by atoms with E-state index in [-0.39, 0.29) is 46.0 Å². The zero-order valence-electron chi connectivity index (χ0n) is 28.3. The molecule has 238 valence electrons. The summed E-state index contributed by atoms with van der Waals surface area (Å²) in [6.45, 7) is 20.9. The maximum absolute atomic E-state index is 12.6. The molecule has 4 nitrogen and oxygen atoms in total. The van der Waals surface area contributed by atoms with Crippen LogP contribution in [0.15, 0.2) is 0 Å². The summed E-state index contributed by atoms with van der Waals surface area (Å²) in [5.41, 5.74) is -0.299. The monoisotopic (exact) mass is 574 g/mol. The molecule has 0 aromatic carbocycles. The van der Waals surface area contributed by atoms with E-state index < -0.39 is 12.2 Å².